The number of carbonyl (C=O) groups is 1. The zero-order valence-corrected chi connectivity index (χ0v) is 13.0. The van der Waals surface area contributed by atoms with E-state index in [1.807, 2.05) is 19.9 Å². The van der Waals surface area contributed by atoms with Gasteiger partial charge in [-0.15, -0.1) is 0 Å². The third-order valence-corrected chi connectivity index (χ3v) is 5.09. The average molecular weight is 312 g/mol. The third-order valence-electron chi connectivity index (χ3n) is 3.32. The lowest BCUT2D eigenvalue weighted by molar-refractivity contribution is 0.249. The molecule has 1 aliphatic heterocycles. The minimum atomic E-state index is -2.99. The maximum absolute atomic E-state index is 11.9. The SMILES string of the molecule is CCOc1ccc(NC(=O)NC2CCS(=O)(=O)C2)c(C)c1. The molecule has 0 spiro atoms. The number of urea groups is 1. The number of benzene rings is 1. The molecule has 0 bridgehead atoms. The minimum absolute atomic E-state index is 0.0165. The molecule has 1 aromatic rings. The Morgan fingerprint density at radius 3 is 2.76 bits per heavy atom. The van der Waals surface area contributed by atoms with E-state index in [4.69, 9.17) is 4.74 Å². The molecule has 6 nitrogen and oxygen atoms in total. The molecule has 0 saturated carbocycles. The summed E-state index contributed by atoms with van der Waals surface area (Å²) >= 11 is 0. The first-order chi connectivity index (χ1) is 9.89. The molecule has 1 unspecified atom stereocenters. The van der Waals surface area contributed by atoms with Crippen LogP contribution in [-0.4, -0.2) is 38.6 Å². The first-order valence-electron chi connectivity index (χ1n) is 6.91. The van der Waals surface area contributed by atoms with Crippen LogP contribution in [0.1, 0.15) is 18.9 Å². The summed E-state index contributed by atoms with van der Waals surface area (Å²) in [6.45, 7) is 4.37. The van der Waals surface area contributed by atoms with Gasteiger partial charge in [0.2, 0.25) is 0 Å². The second-order valence-corrected chi connectivity index (χ2v) is 7.34. The van der Waals surface area contributed by atoms with Crippen molar-refractivity contribution in [1.29, 1.82) is 0 Å². The lowest BCUT2D eigenvalue weighted by Gasteiger charge is -2.14. The summed E-state index contributed by atoms with van der Waals surface area (Å²) in [6.07, 6.45) is 0.470. The van der Waals surface area contributed by atoms with Crippen LogP contribution in [0.4, 0.5) is 10.5 Å². The van der Waals surface area contributed by atoms with Crippen molar-refractivity contribution >= 4 is 21.6 Å². The third kappa shape index (κ3) is 4.35. The molecule has 1 aromatic carbocycles. The van der Waals surface area contributed by atoms with E-state index in [1.165, 1.54) is 0 Å². The molecule has 0 aromatic heterocycles. The monoisotopic (exact) mass is 312 g/mol. The molecule has 2 N–H and O–H groups in total. The van der Waals surface area contributed by atoms with E-state index >= 15 is 0 Å². The van der Waals surface area contributed by atoms with Crippen molar-refractivity contribution in [3.05, 3.63) is 23.8 Å². The standard InChI is InChI=1S/C14H20N2O4S/c1-3-20-12-4-5-13(10(2)8-12)16-14(17)15-11-6-7-21(18,19)9-11/h4-5,8,11H,3,6-7,9H2,1-2H3,(H2,15,16,17). The second-order valence-electron chi connectivity index (χ2n) is 5.11. The van der Waals surface area contributed by atoms with Crippen LogP contribution in [0.15, 0.2) is 18.2 Å². The molecular weight excluding hydrogens is 292 g/mol. The zero-order chi connectivity index (χ0) is 15.5. The van der Waals surface area contributed by atoms with Crippen molar-refractivity contribution in [2.75, 3.05) is 23.4 Å². The molecule has 0 aliphatic carbocycles. The largest absolute Gasteiger partial charge is 0.494 e. The molecule has 116 valence electrons. The highest BCUT2D eigenvalue weighted by molar-refractivity contribution is 7.91. The predicted octanol–water partition coefficient (Wildman–Crippen LogP) is 1.70. The van der Waals surface area contributed by atoms with Gasteiger partial charge in [-0.25, -0.2) is 13.2 Å². The summed E-state index contributed by atoms with van der Waals surface area (Å²) in [5.74, 6) is 0.908. The smallest absolute Gasteiger partial charge is 0.319 e. The fourth-order valence-corrected chi connectivity index (χ4v) is 3.96. The number of carbonyl (C=O) groups excluding carboxylic acids is 1. The maximum atomic E-state index is 11.9. The normalized spacial score (nSPS) is 20.0. The molecule has 1 saturated heterocycles. The van der Waals surface area contributed by atoms with Crippen LogP contribution >= 0.6 is 0 Å². The molecule has 1 aliphatic rings. The molecule has 1 fully saturated rings. The van der Waals surface area contributed by atoms with E-state index in [1.54, 1.807) is 12.1 Å². The number of anilines is 1. The fourth-order valence-electron chi connectivity index (χ4n) is 2.29. The topological polar surface area (TPSA) is 84.5 Å². The Kier molecular flexibility index (Phi) is 4.72. The van der Waals surface area contributed by atoms with Crippen molar-refractivity contribution < 1.29 is 17.9 Å². The van der Waals surface area contributed by atoms with E-state index in [-0.39, 0.29) is 23.6 Å². The van der Waals surface area contributed by atoms with Gasteiger partial charge in [0.15, 0.2) is 9.84 Å². The quantitative estimate of drug-likeness (QED) is 0.886. The molecule has 0 radical (unpaired) electrons. The lowest BCUT2D eigenvalue weighted by atomic mass is 10.2. The van der Waals surface area contributed by atoms with Crippen molar-refractivity contribution in [2.45, 2.75) is 26.3 Å². The highest BCUT2D eigenvalue weighted by Gasteiger charge is 2.28. The number of amides is 2. The van der Waals surface area contributed by atoms with Gasteiger partial charge in [0.05, 0.1) is 18.1 Å². The van der Waals surface area contributed by atoms with E-state index < -0.39 is 9.84 Å². The van der Waals surface area contributed by atoms with Gasteiger partial charge >= 0.3 is 6.03 Å². The van der Waals surface area contributed by atoms with E-state index in [2.05, 4.69) is 10.6 Å². The maximum Gasteiger partial charge on any atom is 0.319 e. The Morgan fingerprint density at radius 1 is 1.43 bits per heavy atom. The fraction of sp³-hybridized carbons (Fsp3) is 0.500. The first kappa shape index (κ1) is 15.6. The van der Waals surface area contributed by atoms with Crippen LogP contribution in [-0.2, 0) is 9.84 Å². The van der Waals surface area contributed by atoms with E-state index in [0.717, 1.165) is 11.3 Å². The van der Waals surface area contributed by atoms with Gasteiger partial charge < -0.3 is 15.4 Å². The summed E-state index contributed by atoms with van der Waals surface area (Å²) in [4.78, 5) is 11.9. The van der Waals surface area contributed by atoms with Crippen molar-refractivity contribution in [2.24, 2.45) is 0 Å². The van der Waals surface area contributed by atoms with Gasteiger partial charge in [-0.3, -0.25) is 0 Å². The molecule has 21 heavy (non-hydrogen) atoms. The highest BCUT2D eigenvalue weighted by atomic mass is 32.2. The Labute approximate surface area is 124 Å². The van der Waals surface area contributed by atoms with E-state index in [9.17, 15) is 13.2 Å². The number of hydrogen-bond acceptors (Lipinski definition) is 4. The predicted molar refractivity (Wildman–Crippen MR) is 81.6 cm³/mol. The zero-order valence-electron chi connectivity index (χ0n) is 12.2. The molecule has 2 rings (SSSR count). The van der Waals surface area contributed by atoms with Crippen LogP contribution < -0.4 is 15.4 Å². The number of ether oxygens (including phenoxy) is 1. The molecule has 1 heterocycles. The van der Waals surface area contributed by atoms with Crippen LogP contribution in [0.3, 0.4) is 0 Å². The summed E-state index contributed by atoms with van der Waals surface area (Å²) in [6, 6.07) is 4.71. The van der Waals surface area contributed by atoms with Crippen LogP contribution in [0.25, 0.3) is 0 Å². The highest BCUT2D eigenvalue weighted by Crippen LogP contribution is 2.21. The summed E-state index contributed by atoms with van der Waals surface area (Å²) in [5.41, 5.74) is 1.56. The summed E-state index contributed by atoms with van der Waals surface area (Å²) < 4.78 is 28.1. The number of nitrogens with one attached hydrogen (secondary N) is 2. The van der Waals surface area contributed by atoms with Crippen molar-refractivity contribution in [3.8, 4) is 5.75 Å². The van der Waals surface area contributed by atoms with Crippen LogP contribution in [0, 0.1) is 6.92 Å². The van der Waals surface area contributed by atoms with Gasteiger partial charge in [-0.1, -0.05) is 0 Å². The second kappa shape index (κ2) is 6.34. The van der Waals surface area contributed by atoms with Crippen molar-refractivity contribution in [3.63, 3.8) is 0 Å². The van der Waals surface area contributed by atoms with E-state index in [0.29, 0.717) is 18.7 Å². The van der Waals surface area contributed by atoms with Gasteiger partial charge in [-0.2, -0.15) is 0 Å². The van der Waals surface area contributed by atoms with Crippen molar-refractivity contribution in [1.82, 2.24) is 5.32 Å². The summed E-state index contributed by atoms with van der Waals surface area (Å²) in [5, 5.41) is 5.42. The van der Waals surface area contributed by atoms with Gasteiger partial charge in [-0.05, 0) is 44.0 Å². The Bertz CT molecular complexity index is 628. The molecule has 2 amide bonds. The number of aryl methyl sites for hydroxylation is 1. The Morgan fingerprint density at radius 2 is 2.19 bits per heavy atom. The average Bonchev–Trinajstić information content (AvgIpc) is 2.72. The lowest BCUT2D eigenvalue weighted by Crippen LogP contribution is -2.38. The van der Waals surface area contributed by atoms with Gasteiger partial charge in [0, 0.05) is 11.7 Å². The number of rotatable bonds is 4. The Balaban J connectivity index is 1.94. The minimum Gasteiger partial charge on any atom is -0.494 e. The van der Waals surface area contributed by atoms with Gasteiger partial charge in [0.1, 0.15) is 5.75 Å². The summed E-state index contributed by atoms with van der Waals surface area (Å²) in [7, 11) is -2.99. The first-order valence-corrected chi connectivity index (χ1v) is 8.73. The Hall–Kier alpha value is -1.76. The number of sulfone groups is 1. The molecule has 7 heteroatoms. The molecule has 1 atom stereocenters. The van der Waals surface area contributed by atoms with Gasteiger partial charge in [0.25, 0.3) is 0 Å². The van der Waals surface area contributed by atoms with Crippen LogP contribution in [0.5, 0.6) is 5.75 Å². The van der Waals surface area contributed by atoms with Crippen LogP contribution in [0.2, 0.25) is 0 Å². The molecular formula is C14H20N2O4S. The number of hydrogen-bond donors (Lipinski definition) is 2.